The van der Waals surface area contributed by atoms with Crippen molar-refractivity contribution in [2.75, 3.05) is 26.4 Å². The van der Waals surface area contributed by atoms with Gasteiger partial charge in [0, 0.05) is 32.4 Å². The Morgan fingerprint density at radius 1 is 1.40 bits per heavy atom. The summed E-state index contributed by atoms with van der Waals surface area (Å²) in [6, 6.07) is 0. The molecule has 1 rings (SSSR count). The smallest absolute Gasteiger partial charge is 0.227 e. The molecule has 0 radical (unpaired) electrons. The predicted molar refractivity (Wildman–Crippen MR) is 72.1 cm³/mol. The average Bonchev–Trinajstić information content (AvgIpc) is 2.88. The number of aliphatic hydroxyl groups excluding tert-OH is 1. The maximum absolute atomic E-state index is 11.6. The van der Waals surface area contributed by atoms with E-state index >= 15 is 0 Å². The Labute approximate surface area is 118 Å². The molecule has 1 amide bonds. The SMILES string of the molecule is CCCc1noc(CCC(=O)NCCCOCCO)n1. The van der Waals surface area contributed by atoms with Gasteiger partial charge in [0.2, 0.25) is 11.8 Å². The van der Waals surface area contributed by atoms with Crippen molar-refractivity contribution in [3.8, 4) is 0 Å². The molecule has 1 aromatic heterocycles. The molecule has 0 spiro atoms. The van der Waals surface area contributed by atoms with Crippen LogP contribution in [0.3, 0.4) is 0 Å². The Balaban J connectivity index is 2.07. The molecular formula is C13H23N3O4. The van der Waals surface area contributed by atoms with Crippen LogP contribution in [0.15, 0.2) is 4.52 Å². The van der Waals surface area contributed by atoms with Gasteiger partial charge in [0.05, 0.1) is 13.2 Å². The number of aryl methyl sites for hydroxylation is 2. The molecule has 1 aromatic rings. The van der Waals surface area contributed by atoms with Gasteiger partial charge in [0.1, 0.15) is 0 Å². The largest absolute Gasteiger partial charge is 0.394 e. The van der Waals surface area contributed by atoms with E-state index in [4.69, 9.17) is 14.4 Å². The topological polar surface area (TPSA) is 97.5 Å². The first-order chi connectivity index (χ1) is 9.76. The van der Waals surface area contributed by atoms with E-state index in [1.54, 1.807) is 0 Å². The molecular weight excluding hydrogens is 262 g/mol. The summed E-state index contributed by atoms with van der Waals surface area (Å²) in [5.74, 6) is 1.17. The van der Waals surface area contributed by atoms with Gasteiger partial charge in [-0.2, -0.15) is 4.98 Å². The molecule has 0 saturated heterocycles. The van der Waals surface area contributed by atoms with Gasteiger partial charge in [-0.15, -0.1) is 0 Å². The minimum atomic E-state index is -0.0394. The third kappa shape index (κ3) is 7.20. The second kappa shape index (κ2) is 10.3. The highest BCUT2D eigenvalue weighted by Gasteiger charge is 2.08. The molecule has 0 atom stereocenters. The molecule has 0 aliphatic carbocycles. The van der Waals surface area contributed by atoms with Crippen LogP contribution in [-0.2, 0) is 22.4 Å². The lowest BCUT2D eigenvalue weighted by Crippen LogP contribution is -2.25. The molecule has 7 heteroatoms. The summed E-state index contributed by atoms with van der Waals surface area (Å²) >= 11 is 0. The molecule has 0 aromatic carbocycles. The lowest BCUT2D eigenvalue weighted by atomic mass is 10.3. The van der Waals surface area contributed by atoms with Crippen molar-refractivity contribution in [3.63, 3.8) is 0 Å². The summed E-state index contributed by atoms with van der Waals surface area (Å²) in [7, 11) is 0. The highest BCUT2D eigenvalue weighted by Crippen LogP contribution is 2.02. The number of aromatic nitrogens is 2. The Morgan fingerprint density at radius 3 is 3.00 bits per heavy atom. The monoisotopic (exact) mass is 285 g/mol. The number of rotatable bonds is 11. The fraction of sp³-hybridized carbons (Fsp3) is 0.769. The predicted octanol–water partition coefficient (Wildman–Crippen LogP) is 0.470. The summed E-state index contributed by atoms with van der Waals surface area (Å²) in [5, 5.41) is 15.1. The van der Waals surface area contributed by atoms with Crippen molar-refractivity contribution < 1.29 is 19.2 Å². The summed E-state index contributed by atoms with van der Waals surface area (Å²) < 4.78 is 10.1. The molecule has 0 aliphatic rings. The van der Waals surface area contributed by atoms with E-state index in [1.807, 2.05) is 6.92 Å². The number of nitrogens with one attached hydrogen (secondary N) is 1. The number of hydrogen-bond donors (Lipinski definition) is 2. The first-order valence-electron chi connectivity index (χ1n) is 7.03. The standard InChI is InChI=1S/C13H23N3O4/c1-2-4-11-15-13(20-16-11)6-5-12(18)14-7-3-9-19-10-8-17/h17H,2-10H2,1H3,(H,14,18). The van der Waals surface area contributed by atoms with Crippen LogP contribution >= 0.6 is 0 Å². The van der Waals surface area contributed by atoms with Gasteiger partial charge in [-0.3, -0.25) is 4.79 Å². The maximum Gasteiger partial charge on any atom is 0.227 e. The third-order valence-corrected chi connectivity index (χ3v) is 2.57. The van der Waals surface area contributed by atoms with E-state index in [2.05, 4.69) is 15.5 Å². The fourth-order valence-corrected chi connectivity index (χ4v) is 1.59. The van der Waals surface area contributed by atoms with Gasteiger partial charge < -0.3 is 19.7 Å². The molecule has 0 fully saturated rings. The Kier molecular flexibility index (Phi) is 8.57. The summed E-state index contributed by atoms with van der Waals surface area (Å²) in [6.07, 6.45) is 3.29. The number of hydrogen-bond acceptors (Lipinski definition) is 6. The van der Waals surface area contributed by atoms with Gasteiger partial charge in [-0.25, -0.2) is 0 Å². The minimum absolute atomic E-state index is 0.0244. The molecule has 20 heavy (non-hydrogen) atoms. The van der Waals surface area contributed by atoms with Crippen LogP contribution in [0.4, 0.5) is 0 Å². The summed E-state index contributed by atoms with van der Waals surface area (Å²) in [5.41, 5.74) is 0. The van der Waals surface area contributed by atoms with E-state index in [-0.39, 0.29) is 12.5 Å². The Bertz CT molecular complexity index is 381. The van der Waals surface area contributed by atoms with Crippen molar-refractivity contribution in [2.24, 2.45) is 0 Å². The Hall–Kier alpha value is -1.47. The zero-order valence-electron chi connectivity index (χ0n) is 11.9. The van der Waals surface area contributed by atoms with E-state index in [9.17, 15) is 4.79 Å². The van der Waals surface area contributed by atoms with E-state index in [0.717, 1.165) is 19.3 Å². The van der Waals surface area contributed by atoms with Gasteiger partial charge in [-0.1, -0.05) is 12.1 Å². The normalized spacial score (nSPS) is 10.7. The van der Waals surface area contributed by atoms with Crippen LogP contribution in [0.5, 0.6) is 0 Å². The number of nitrogens with zero attached hydrogens (tertiary/aromatic N) is 2. The van der Waals surface area contributed by atoms with E-state index in [1.165, 1.54) is 0 Å². The summed E-state index contributed by atoms with van der Waals surface area (Å²) in [4.78, 5) is 15.8. The molecule has 7 nitrogen and oxygen atoms in total. The fourth-order valence-electron chi connectivity index (χ4n) is 1.59. The van der Waals surface area contributed by atoms with Crippen molar-refractivity contribution in [3.05, 3.63) is 11.7 Å². The molecule has 2 N–H and O–H groups in total. The average molecular weight is 285 g/mol. The quantitative estimate of drug-likeness (QED) is 0.574. The van der Waals surface area contributed by atoms with Crippen LogP contribution in [0.2, 0.25) is 0 Å². The van der Waals surface area contributed by atoms with Crippen molar-refractivity contribution in [1.29, 1.82) is 0 Å². The summed E-state index contributed by atoms with van der Waals surface area (Å²) in [6.45, 7) is 3.51. The van der Waals surface area contributed by atoms with Crippen LogP contribution in [0.25, 0.3) is 0 Å². The van der Waals surface area contributed by atoms with E-state index in [0.29, 0.717) is 44.3 Å². The second-order valence-corrected chi connectivity index (χ2v) is 4.39. The number of aliphatic hydroxyl groups is 1. The first kappa shape index (κ1) is 16.6. The Morgan fingerprint density at radius 2 is 2.25 bits per heavy atom. The van der Waals surface area contributed by atoms with Crippen molar-refractivity contribution in [2.45, 2.75) is 39.0 Å². The van der Waals surface area contributed by atoms with Crippen LogP contribution in [0, 0.1) is 0 Å². The number of ether oxygens (including phenoxy) is 1. The second-order valence-electron chi connectivity index (χ2n) is 4.39. The molecule has 114 valence electrons. The molecule has 0 aliphatic heterocycles. The van der Waals surface area contributed by atoms with E-state index < -0.39 is 0 Å². The maximum atomic E-state index is 11.6. The molecule has 0 saturated carbocycles. The van der Waals surface area contributed by atoms with Gasteiger partial charge in [0.25, 0.3) is 0 Å². The van der Waals surface area contributed by atoms with Crippen LogP contribution in [0.1, 0.15) is 37.9 Å². The number of carbonyl (C=O) groups is 1. The molecule has 0 bridgehead atoms. The highest BCUT2D eigenvalue weighted by molar-refractivity contribution is 5.75. The van der Waals surface area contributed by atoms with Crippen LogP contribution in [-0.4, -0.2) is 47.5 Å². The highest BCUT2D eigenvalue weighted by atomic mass is 16.5. The van der Waals surface area contributed by atoms with Crippen LogP contribution < -0.4 is 5.32 Å². The zero-order chi connectivity index (χ0) is 14.6. The lowest BCUT2D eigenvalue weighted by Gasteiger charge is -2.04. The molecule has 1 heterocycles. The van der Waals surface area contributed by atoms with Gasteiger partial charge in [0.15, 0.2) is 5.82 Å². The number of carbonyl (C=O) groups excluding carboxylic acids is 1. The first-order valence-corrected chi connectivity index (χ1v) is 7.03. The minimum Gasteiger partial charge on any atom is -0.394 e. The van der Waals surface area contributed by atoms with Gasteiger partial charge >= 0.3 is 0 Å². The molecule has 0 unspecified atom stereocenters. The third-order valence-electron chi connectivity index (χ3n) is 2.57. The van der Waals surface area contributed by atoms with Crippen molar-refractivity contribution >= 4 is 5.91 Å². The number of amides is 1. The van der Waals surface area contributed by atoms with Gasteiger partial charge in [-0.05, 0) is 12.8 Å². The van der Waals surface area contributed by atoms with Crippen molar-refractivity contribution in [1.82, 2.24) is 15.5 Å². The lowest BCUT2D eigenvalue weighted by molar-refractivity contribution is -0.121. The zero-order valence-corrected chi connectivity index (χ0v) is 11.9.